The van der Waals surface area contributed by atoms with Gasteiger partial charge in [0, 0.05) is 32.1 Å². The summed E-state index contributed by atoms with van der Waals surface area (Å²) in [6.07, 6.45) is 4.24. The number of nitrogens with one attached hydrogen (secondary N) is 1. The van der Waals surface area contributed by atoms with Gasteiger partial charge in [-0.3, -0.25) is 9.59 Å². The van der Waals surface area contributed by atoms with Crippen LogP contribution >= 0.6 is 0 Å². The van der Waals surface area contributed by atoms with Crippen LogP contribution in [0.5, 0.6) is 0 Å². The second kappa shape index (κ2) is 6.37. The van der Waals surface area contributed by atoms with E-state index in [1.54, 1.807) is 0 Å². The van der Waals surface area contributed by atoms with E-state index in [4.69, 9.17) is 5.73 Å². The van der Waals surface area contributed by atoms with Crippen LogP contribution in [0.15, 0.2) is 0 Å². The number of rotatable bonds is 4. The summed E-state index contributed by atoms with van der Waals surface area (Å²) in [6.45, 7) is 4.05. The lowest BCUT2D eigenvalue weighted by Gasteiger charge is -2.42. The molecular weight excluding hydrogens is 242 g/mol. The zero-order valence-electron chi connectivity index (χ0n) is 11.7. The number of nitrogens with zero attached hydrogens (tertiary/aromatic N) is 1. The third-order valence-electron chi connectivity index (χ3n) is 4.41. The molecule has 0 aromatic heterocycles. The Morgan fingerprint density at radius 3 is 3.00 bits per heavy atom. The topological polar surface area (TPSA) is 75.4 Å². The fourth-order valence-corrected chi connectivity index (χ4v) is 3.26. The van der Waals surface area contributed by atoms with E-state index in [2.05, 4.69) is 12.2 Å². The van der Waals surface area contributed by atoms with Crippen molar-refractivity contribution < 1.29 is 9.59 Å². The number of amides is 2. The van der Waals surface area contributed by atoms with Gasteiger partial charge in [0.1, 0.15) is 0 Å². The number of piperidine rings is 2. The number of likely N-dealkylation sites (tertiary alicyclic amines) is 1. The fourth-order valence-electron chi connectivity index (χ4n) is 3.26. The van der Waals surface area contributed by atoms with E-state index >= 15 is 0 Å². The van der Waals surface area contributed by atoms with Crippen LogP contribution in [0.1, 0.15) is 39.0 Å². The van der Waals surface area contributed by atoms with Crippen molar-refractivity contribution in [2.45, 2.75) is 45.1 Å². The molecule has 2 heterocycles. The molecule has 2 rings (SSSR count). The number of carbonyl (C=O) groups excluding carboxylic acids is 2. The first-order chi connectivity index (χ1) is 9.15. The van der Waals surface area contributed by atoms with E-state index in [9.17, 15) is 9.59 Å². The molecule has 3 N–H and O–H groups in total. The van der Waals surface area contributed by atoms with Crippen molar-refractivity contribution >= 4 is 11.8 Å². The summed E-state index contributed by atoms with van der Waals surface area (Å²) in [5.41, 5.74) is 5.71. The molecule has 3 atom stereocenters. The molecule has 19 heavy (non-hydrogen) atoms. The number of hydrogen-bond donors (Lipinski definition) is 2. The molecule has 0 aromatic carbocycles. The van der Waals surface area contributed by atoms with Crippen LogP contribution in [0.4, 0.5) is 0 Å². The predicted molar refractivity (Wildman–Crippen MR) is 73.3 cm³/mol. The van der Waals surface area contributed by atoms with E-state index in [1.807, 2.05) is 4.90 Å². The number of hydrogen-bond acceptors (Lipinski definition) is 3. The van der Waals surface area contributed by atoms with Crippen molar-refractivity contribution in [3.63, 3.8) is 0 Å². The van der Waals surface area contributed by atoms with Crippen LogP contribution in [0.2, 0.25) is 0 Å². The molecule has 0 radical (unpaired) electrons. The monoisotopic (exact) mass is 267 g/mol. The Kier molecular flexibility index (Phi) is 4.80. The van der Waals surface area contributed by atoms with Crippen LogP contribution in [-0.2, 0) is 9.59 Å². The average Bonchev–Trinajstić information content (AvgIpc) is 2.43. The van der Waals surface area contributed by atoms with Gasteiger partial charge in [-0.2, -0.15) is 0 Å². The third kappa shape index (κ3) is 3.26. The molecule has 2 aliphatic rings. The van der Waals surface area contributed by atoms with Gasteiger partial charge < -0.3 is 16.0 Å². The van der Waals surface area contributed by atoms with Crippen LogP contribution < -0.4 is 11.1 Å². The highest BCUT2D eigenvalue weighted by molar-refractivity contribution is 5.80. The predicted octanol–water partition coefficient (Wildman–Crippen LogP) is 0.489. The Balaban J connectivity index is 1.93. The molecule has 3 unspecified atom stereocenters. The zero-order valence-corrected chi connectivity index (χ0v) is 11.7. The lowest BCUT2D eigenvalue weighted by Crippen LogP contribution is -2.56. The molecule has 2 amide bonds. The maximum absolute atomic E-state index is 12.4. The molecule has 2 saturated heterocycles. The number of nitrogens with two attached hydrogens (primary N) is 1. The third-order valence-corrected chi connectivity index (χ3v) is 4.41. The Labute approximate surface area is 114 Å². The Bertz CT molecular complexity index is 346. The molecule has 108 valence electrons. The summed E-state index contributed by atoms with van der Waals surface area (Å²) in [6, 6.07) is 0.271. The normalized spacial score (nSPS) is 28.5. The summed E-state index contributed by atoms with van der Waals surface area (Å²) < 4.78 is 0. The summed E-state index contributed by atoms with van der Waals surface area (Å²) in [5.74, 6) is 0.765. The maximum Gasteiger partial charge on any atom is 0.226 e. The Hall–Kier alpha value is -1.10. The molecule has 0 aromatic rings. The van der Waals surface area contributed by atoms with Gasteiger partial charge in [0.2, 0.25) is 11.8 Å². The summed E-state index contributed by atoms with van der Waals surface area (Å²) in [4.78, 5) is 25.7. The highest BCUT2D eigenvalue weighted by atomic mass is 16.2. The Morgan fingerprint density at radius 1 is 1.53 bits per heavy atom. The van der Waals surface area contributed by atoms with Gasteiger partial charge in [0.05, 0.1) is 5.92 Å². The van der Waals surface area contributed by atoms with Crippen molar-refractivity contribution in [3.05, 3.63) is 0 Å². The van der Waals surface area contributed by atoms with Gasteiger partial charge in [-0.25, -0.2) is 0 Å². The lowest BCUT2D eigenvalue weighted by atomic mass is 9.84. The first-order valence-electron chi connectivity index (χ1n) is 7.44. The molecular formula is C14H25N3O2. The lowest BCUT2D eigenvalue weighted by molar-refractivity contribution is -0.138. The standard InChI is InChI=1S/C14H25N3O2/c1-2-3-10(8-15)14(19)17-7-6-12-11(9-17)4-5-13(18)16-12/h10-12H,2-9,15H2,1H3,(H,16,18). The highest BCUT2D eigenvalue weighted by Gasteiger charge is 2.36. The molecule has 0 aliphatic carbocycles. The van der Waals surface area contributed by atoms with Gasteiger partial charge in [-0.05, 0) is 25.2 Å². The molecule has 2 fully saturated rings. The molecule has 2 aliphatic heterocycles. The van der Waals surface area contributed by atoms with Gasteiger partial charge in [-0.15, -0.1) is 0 Å². The minimum Gasteiger partial charge on any atom is -0.353 e. The van der Waals surface area contributed by atoms with E-state index in [0.717, 1.165) is 38.8 Å². The second-order valence-corrected chi connectivity index (χ2v) is 5.77. The van der Waals surface area contributed by atoms with Crippen LogP contribution in [0, 0.1) is 11.8 Å². The first-order valence-corrected chi connectivity index (χ1v) is 7.44. The Morgan fingerprint density at radius 2 is 2.32 bits per heavy atom. The number of fused-ring (bicyclic) bond motifs is 1. The van der Waals surface area contributed by atoms with E-state index in [-0.39, 0.29) is 23.8 Å². The van der Waals surface area contributed by atoms with Crippen LogP contribution in [-0.4, -0.2) is 42.4 Å². The van der Waals surface area contributed by atoms with Crippen molar-refractivity contribution in [2.75, 3.05) is 19.6 Å². The van der Waals surface area contributed by atoms with Crippen LogP contribution in [0.3, 0.4) is 0 Å². The largest absolute Gasteiger partial charge is 0.353 e. The molecule has 5 heteroatoms. The van der Waals surface area contributed by atoms with Gasteiger partial charge in [0.15, 0.2) is 0 Å². The van der Waals surface area contributed by atoms with Crippen molar-refractivity contribution in [2.24, 2.45) is 17.6 Å². The minimum atomic E-state index is -0.0280. The maximum atomic E-state index is 12.4. The fraction of sp³-hybridized carbons (Fsp3) is 0.857. The second-order valence-electron chi connectivity index (χ2n) is 5.77. The van der Waals surface area contributed by atoms with E-state index in [1.165, 1.54) is 0 Å². The molecule has 5 nitrogen and oxygen atoms in total. The molecule has 0 spiro atoms. The minimum absolute atomic E-state index is 0.0280. The van der Waals surface area contributed by atoms with Gasteiger partial charge in [0.25, 0.3) is 0 Å². The average molecular weight is 267 g/mol. The van der Waals surface area contributed by atoms with E-state index in [0.29, 0.717) is 18.9 Å². The van der Waals surface area contributed by atoms with Crippen molar-refractivity contribution in [1.29, 1.82) is 0 Å². The number of carbonyl (C=O) groups is 2. The summed E-state index contributed by atoms with van der Waals surface area (Å²) >= 11 is 0. The van der Waals surface area contributed by atoms with E-state index < -0.39 is 0 Å². The van der Waals surface area contributed by atoms with Crippen LogP contribution in [0.25, 0.3) is 0 Å². The smallest absolute Gasteiger partial charge is 0.226 e. The quantitative estimate of drug-likeness (QED) is 0.778. The van der Waals surface area contributed by atoms with Gasteiger partial charge >= 0.3 is 0 Å². The van der Waals surface area contributed by atoms with Crippen molar-refractivity contribution in [1.82, 2.24) is 10.2 Å². The zero-order chi connectivity index (χ0) is 13.8. The van der Waals surface area contributed by atoms with Crippen molar-refractivity contribution in [3.8, 4) is 0 Å². The highest BCUT2D eigenvalue weighted by Crippen LogP contribution is 2.26. The SMILES string of the molecule is CCCC(CN)C(=O)N1CCC2NC(=O)CCC2C1. The first kappa shape index (κ1) is 14.3. The molecule has 0 bridgehead atoms. The summed E-state index contributed by atoms with van der Waals surface area (Å²) in [5, 5.41) is 3.04. The summed E-state index contributed by atoms with van der Waals surface area (Å²) in [7, 11) is 0. The molecule has 0 saturated carbocycles. The van der Waals surface area contributed by atoms with Gasteiger partial charge in [-0.1, -0.05) is 13.3 Å².